The van der Waals surface area contributed by atoms with Gasteiger partial charge >= 0.3 is 23.8 Å². The number of benzene rings is 1. The zero-order chi connectivity index (χ0) is 22.8. The summed E-state index contributed by atoms with van der Waals surface area (Å²) in [5.41, 5.74) is -5.91. The molecule has 0 atom stereocenters. The molecule has 8 nitrogen and oxygen atoms in total. The topological polar surface area (TPSA) is 96.6 Å². The van der Waals surface area contributed by atoms with Crippen LogP contribution in [0, 0.1) is 5.82 Å². The Morgan fingerprint density at radius 3 is 2.33 bits per heavy atom. The molecule has 1 heterocycles. The fourth-order valence-electron chi connectivity index (χ4n) is 2.39. The third-order valence-electron chi connectivity index (χ3n) is 3.73. The summed E-state index contributed by atoms with van der Waals surface area (Å²) in [6.07, 6.45) is -5.01. The summed E-state index contributed by atoms with van der Waals surface area (Å²) < 4.78 is 62.7. The minimum Gasteiger partial charge on any atom is -0.463 e. The van der Waals surface area contributed by atoms with Crippen LogP contribution in [0.4, 0.5) is 17.6 Å². The number of carbonyl (C=O) groups is 2. The fourth-order valence-corrected chi connectivity index (χ4v) is 2.62. The minimum atomic E-state index is -5.01. The molecule has 0 saturated carbocycles. The van der Waals surface area contributed by atoms with Crippen molar-refractivity contribution in [3.8, 4) is 5.69 Å². The van der Waals surface area contributed by atoms with Crippen LogP contribution in [0.1, 0.15) is 23.0 Å². The van der Waals surface area contributed by atoms with Crippen molar-refractivity contribution in [2.75, 3.05) is 13.2 Å². The van der Waals surface area contributed by atoms with Crippen LogP contribution in [0.2, 0.25) is 5.02 Å². The van der Waals surface area contributed by atoms with E-state index in [9.17, 15) is 36.7 Å². The van der Waals surface area contributed by atoms with Crippen LogP contribution >= 0.6 is 11.6 Å². The number of alkyl halides is 3. The van der Waals surface area contributed by atoms with E-state index in [2.05, 4.69) is 9.47 Å². The largest absolute Gasteiger partial charge is 0.463 e. The predicted octanol–water partition coefficient (Wildman–Crippen LogP) is 2.07. The predicted molar refractivity (Wildman–Crippen MR) is 94.2 cm³/mol. The molecule has 2 aromatic rings. The van der Waals surface area contributed by atoms with Crippen molar-refractivity contribution in [1.82, 2.24) is 9.13 Å². The van der Waals surface area contributed by atoms with Crippen LogP contribution in [0.15, 0.2) is 27.8 Å². The van der Waals surface area contributed by atoms with Crippen LogP contribution in [0.5, 0.6) is 0 Å². The van der Waals surface area contributed by atoms with Crippen molar-refractivity contribution in [3.63, 3.8) is 0 Å². The first-order valence-electron chi connectivity index (χ1n) is 8.10. The van der Waals surface area contributed by atoms with Gasteiger partial charge in [0.05, 0.1) is 22.9 Å². The number of esters is 2. The summed E-state index contributed by atoms with van der Waals surface area (Å²) in [5.74, 6) is -3.36. The normalized spacial score (nSPS) is 11.3. The number of aromatic nitrogens is 2. The molecule has 0 amide bonds. The lowest BCUT2D eigenvalue weighted by Gasteiger charge is -2.15. The van der Waals surface area contributed by atoms with Crippen LogP contribution in [0.25, 0.3) is 5.69 Å². The number of halogens is 5. The fraction of sp³-hybridized carbons (Fsp3) is 0.294. The molecule has 0 spiro atoms. The van der Waals surface area contributed by atoms with Crippen LogP contribution in [-0.2, 0) is 27.5 Å². The smallest absolute Gasteiger partial charge is 0.431 e. The number of ether oxygens (including phenoxy) is 2. The third kappa shape index (κ3) is 4.70. The third-order valence-corrected chi connectivity index (χ3v) is 4.05. The van der Waals surface area contributed by atoms with Crippen molar-refractivity contribution in [1.29, 1.82) is 0 Å². The van der Waals surface area contributed by atoms with E-state index < -0.39 is 63.8 Å². The van der Waals surface area contributed by atoms with E-state index >= 15 is 0 Å². The van der Waals surface area contributed by atoms with Gasteiger partial charge in [-0.3, -0.25) is 9.36 Å². The highest BCUT2D eigenvalue weighted by atomic mass is 35.5. The van der Waals surface area contributed by atoms with Crippen LogP contribution < -0.4 is 11.2 Å². The highest BCUT2D eigenvalue weighted by Gasteiger charge is 2.35. The van der Waals surface area contributed by atoms with Crippen molar-refractivity contribution in [3.05, 3.63) is 61.1 Å². The second kappa shape index (κ2) is 8.69. The van der Waals surface area contributed by atoms with Gasteiger partial charge in [-0.15, -0.1) is 0 Å². The molecule has 2 rings (SSSR count). The standard InChI is InChI=1S/C17H13ClF4N2O6/c1-3-29-14(26)7-30-15(27)8-4-11(10(19)5-9(8)18)24-13(25)6-12(17(20,21)22)23(2)16(24)28/h4-6H,3,7H2,1-2H3. The van der Waals surface area contributed by atoms with Gasteiger partial charge in [-0.25, -0.2) is 23.3 Å². The first-order chi connectivity index (χ1) is 13.9. The Balaban J connectivity index is 2.57. The molecule has 0 saturated heterocycles. The van der Waals surface area contributed by atoms with Gasteiger partial charge in [0.25, 0.3) is 5.56 Å². The zero-order valence-electron chi connectivity index (χ0n) is 15.4. The molecule has 0 aliphatic heterocycles. The Morgan fingerprint density at radius 1 is 1.13 bits per heavy atom. The molecular weight excluding hydrogens is 440 g/mol. The van der Waals surface area contributed by atoms with E-state index in [-0.39, 0.29) is 21.8 Å². The lowest BCUT2D eigenvalue weighted by molar-refractivity contribution is -0.146. The molecule has 1 aromatic carbocycles. The summed E-state index contributed by atoms with van der Waals surface area (Å²) in [6.45, 7) is 0.751. The van der Waals surface area contributed by atoms with Gasteiger partial charge < -0.3 is 9.47 Å². The average Bonchev–Trinajstić information content (AvgIpc) is 2.63. The number of hydrogen-bond acceptors (Lipinski definition) is 6. The van der Waals surface area contributed by atoms with Gasteiger partial charge in [-0.1, -0.05) is 11.6 Å². The molecule has 0 fully saturated rings. The molecule has 0 aliphatic carbocycles. The van der Waals surface area contributed by atoms with Gasteiger partial charge in [0.1, 0.15) is 11.5 Å². The van der Waals surface area contributed by atoms with E-state index in [1.807, 2.05) is 0 Å². The molecule has 30 heavy (non-hydrogen) atoms. The van der Waals surface area contributed by atoms with Gasteiger partial charge in [0.15, 0.2) is 6.61 Å². The quantitative estimate of drug-likeness (QED) is 0.509. The van der Waals surface area contributed by atoms with Gasteiger partial charge in [0, 0.05) is 13.1 Å². The summed E-state index contributed by atoms with van der Waals surface area (Å²) in [7, 11) is 0.740. The van der Waals surface area contributed by atoms with Gasteiger partial charge in [-0.05, 0) is 19.1 Å². The first kappa shape index (κ1) is 23.1. The number of rotatable bonds is 5. The SMILES string of the molecule is CCOC(=O)COC(=O)c1cc(-n2c(=O)cc(C(F)(F)F)n(C)c2=O)c(F)cc1Cl. The Kier molecular flexibility index (Phi) is 6.70. The van der Waals surface area contributed by atoms with E-state index in [4.69, 9.17) is 11.6 Å². The maximum absolute atomic E-state index is 14.4. The molecule has 13 heteroatoms. The van der Waals surface area contributed by atoms with Crippen molar-refractivity contribution >= 4 is 23.5 Å². The summed E-state index contributed by atoms with van der Waals surface area (Å²) in [5, 5.41) is -0.484. The maximum atomic E-state index is 14.4. The molecule has 0 aliphatic rings. The van der Waals surface area contributed by atoms with Gasteiger partial charge in [-0.2, -0.15) is 13.2 Å². The van der Waals surface area contributed by atoms with Crippen molar-refractivity contribution < 1.29 is 36.6 Å². The summed E-state index contributed by atoms with van der Waals surface area (Å²) in [4.78, 5) is 47.9. The molecule has 0 N–H and O–H groups in total. The Hall–Kier alpha value is -3.15. The van der Waals surface area contributed by atoms with Crippen molar-refractivity contribution in [2.45, 2.75) is 13.1 Å². The maximum Gasteiger partial charge on any atom is 0.431 e. The Morgan fingerprint density at radius 2 is 1.77 bits per heavy atom. The summed E-state index contributed by atoms with van der Waals surface area (Å²) >= 11 is 5.78. The Bertz CT molecular complexity index is 1120. The van der Waals surface area contributed by atoms with Crippen LogP contribution in [-0.4, -0.2) is 34.3 Å². The molecular formula is C17H13ClF4N2O6. The monoisotopic (exact) mass is 452 g/mol. The lowest BCUT2D eigenvalue weighted by atomic mass is 10.2. The number of carbonyl (C=O) groups excluding carboxylic acids is 2. The highest BCUT2D eigenvalue weighted by Crippen LogP contribution is 2.27. The second-order valence-corrected chi connectivity index (χ2v) is 6.11. The average molecular weight is 453 g/mol. The summed E-state index contributed by atoms with van der Waals surface area (Å²) in [6, 6.07) is 1.33. The Labute approximate surface area is 170 Å². The minimum absolute atomic E-state index is 0.0258. The molecule has 1 aromatic heterocycles. The second-order valence-electron chi connectivity index (χ2n) is 5.71. The number of hydrogen-bond donors (Lipinski definition) is 0. The highest BCUT2D eigenvalue weighted by molar-refractivity contribution is 6.33. The van der Waals surface area contributed by atoms with E-state index in [0.717, 1.165) is 7.05 Å². The van der Waals surface area contributed by atoms with E-state index in [0.29, 0.717) is 12.1 Å². The van der Waals surface area contributed by atoms with Crippen LogP contribution in [0.3, 0.4) is 0 Å². The molecule has 0 bridgehead atoms. The number of nitrogens with zero attached hydrogens (tertiary/aromatic N) is 2. The van der Waals surface area contributed by atoms with Crippen molar-refractivity contribution in [2.24, 2.45) is 7.05 Å². The molecule has 162 valence electrons. The first-order valence-corrected chi connectivity index (χ1v) is 8.48. The lowest BCUT2D eigenvalue weighted by Crippen LogP contribution is -2.41. The van der Waals surface area contributed by atoms with E-state index in [1.165, 1.54) is 6.92 Å². The van der Waals surface area contributed by atoms with E-state index in [1.54, 1.807) is 0 Å². The molecule has 0 radical (unpaired) electrons. The zero-order valence-corrected chi connectivity index (χ0v) is 16.1. The van der Waals surface area contributed by atoms with Gasteiger partial charge in [0.2, 0.25) is 0 Å². The molecule has 0 unspecified atom stereocenters.